The monoisotopic (exact) mass is 526 g/mol. The van der Waals surface area contributed by atoms with E-state index in [4.69, 9.17) is 16.3 Å². The number of hydrogen-bond donors (Lipinski definition) is 0. The fourth-order valence-electron chi connectivity index (χ4n) is 4.20. The van der Waals surface area contributed by atoms with Gasteiger partial charge in [-0.15, -0.1) is 17.0 Å². The van der Waals surface area contributed by atoms with Crippen LogP contribution in [-0.4, -0.2) is 13.1 Å². The molecule has 0 atom stereocenters. The molecular weight excluding hydrogens is 503 g/mol. The molecule has 0 aliphatic heterocycles. The van der Waals surface area contributed by atoms with Gasteiger partial charge in [0.25, 0.3) is 0 Å². The Bertz CT molecular complexity index is 1070. The Hall–Kier alpha value is -2.45. The molecule has 5 heteroatoms. The van der Waals surface area contributed by atoms with Gasteiger partial charge < -0.3 is 0 Å². The van der Waals surface area contributed by atoms with Gasteiger partial charge in [-0.3, -0.25) is 0 Å². The minimum atomic E-state index is -2.45. The van der Waals surface area contributed by atoms with Crippen molar-refractivity contribution in [2.75, 3.05) is 7.11 Å². The van der Waals surface area contributed by atoms with Crippen molar-refractivity contribution in [3.63, 3.8) is 0 Å². The van der Waals surface area contributed by atoms with E-state index in [0.29, 0.717) is 10.6 Å². The number of rotatable bonds is 6. The summed E-state index contributed by atoms with van der Waals surface area (Å²) in [4.78, 5) is 12.0. The van der Waals surface area contributed by atoms with E-state index in [9.17, 15) is 4.79 Å². The summed E-state index contributed by atoms with van der Waals surface area (Å²) in [6, 6.07) is 37.6. The number of benzene rings is 4. The van der Waals surface area contributed by atoms with Gasteiger partial charge in [-0.1, -0.05) is 0 Å². The fraction of sp³-hybridized carbons (Fsp3) is 0.0741. The van der Waals surface area contributed by atoms with Crippen LogP contribution in [0.1, 0.15) is 15.9 Å². The molecule has 0 aliphatic carbocycles. The Kier molecular flexibility index (Phi) is 8.26. The Labute approximate surface area is 205 Å². The van der Waals surface area contributed by atoms with Crippen LogP contribution < -0.4 is 15.9 Å². The summed E-state index contributed by atoms with van der Waals surface area (Å²) in [5, 5.41) is 4.55. The van der Waals surface area contributed by atoms with Gasteiger partial charge in [0.15, 0.2) is 0 Å². The van der Waals surface area contributed by atoms with Gasteiger partial charge in [0.1, 0.15) is 0 Å². The van der Waals surface area contributed by atoms with Crippen molar-refractivity contribution in [3.05, 3.63) is 125 Å². The summed E-state index contributed by atoms with van der Waals surface area (Å²) in [6.45, 7) is 0. The van der Waals surface area contributed by atoms with Crippen molar-refractivity contribution in [3.8, 4) is 0 Å². The normalized spacial score (nSPS) is 11.3. The van der Waals surface area contributed by atoms with Crippen LogP contribution in [0.5, 0.6) is 0 Å². The van der Waals surface area contributed by atoms with Gasteiger partial charge in [-0.05, 0) is 0 Å². The quantitative estimate of drug-likeness (QED) is 0.229. The number of ether oxygens (including phenoxy) is 1. The van der Waals surface area contributed by atoms with Crippen molar-refractivity contribution in [2.24, 2.45) is 0 Å². The van der Waals surface area contributed by atoms with E-state index in [0.717, 1.165) is 11.7 Å². The second-order valence-electron chi connectivity index (χ2n) is 7.48. The number of hydrogen-bond acceptors (Lipinski definition) is 2. The minimum absolute atomic E-state index is 0. The molecular formula is C27H25BrClO2P. The summed E-state index contributed by atoms with van der Waals surface area (Å²) in [6.07, 6.45) is 0.783. The molecule has 0 bridgehead atoms. The number of esters is 1. The van der Waals surface area contributed by atoms with Gasteiger partial charge in [0.05, 0.1) is 0 Å². The summed E-state index contributed by atoms with van der Waals surface area (Å²) >= 11 is 6.71. The number of methoxy groups -OCH3 is 1. The molecule has 4 aromatic carbocycles. The summed E-state index contributed by atoms with van der Waals surface area (Å²) < 4.78 is 4.85. The Morgan fingerprint density at radius 1 is 0.750 bits per heavy atom. The zero-order chi connectivity index (χ0) is 21.7. The predicted molar refractivity (Wildman–Crippen MR) is 143 cm³/mol. The molecule has 0 saturated heterocycles. The third kappa shape index (κ3) is 4.81. The Morgan fingerprint density at radius 2 is 1.19 bits per heavy atom. The standard InChI is InChI=1S/C27H24ClO2P.BrH/c1-30-27(29)21-17-18-22(26(28)19-21)20-31(23-11-5-2-6-12-23,24-13-7-3-8-14-24)25-15-9-4-10-16-25;/h2-19,31H,20H2,1H3;1H. The first-order valence-corrected chi connectivity index (χ1v) is 12.8. The maximum atomic E-state index is 12.0. The molecule has 0 unspecified atom stereocenters. The molecule has 0 amide bonds. The van der Waals surface area contributed by atoms with Gasteiger partial charge in [0, 0.05) is 0 Å². The van der Waals surface area contributed by atoms with E-state index < -0.39 is 7.26 Å². The molecule has 32 heavy (non-hydrogen) atoms. The van der Waals surface area contributed by atoms with Crippen molar-refractivity contribution in [1.29, 1.82) is 0 Å². The zero-order valence-electron chi connectivity index (χ0n) is 17.7. The molecule has 0 N–H and O–H groups in total. The van der Waals surface area contributed by atoms with Crippen LogP contribution in [0, 0.1) is 0 Å². The van der Waals surface area contributed by atoms with Crippen LogP contribution in [0.15, 0.2) is 109 Å². The van der Waals surface area contributed by atoms with E-state index >= 15 is 0 Å². The number of carbonyl (C=O) groups excluding carboxylic acids is 1. The Balaban J connectivity index is 0.00000289. The molecule has 0 fully saturated rings. The summed E-state index contributed by atoms with van der Waals surface area (Å²) in [7, 11) is -1.07. The number of carbonyl (C=O) groups is 1. The van der Waals surface area contributed by atoms with Crippen LogP contribution in [0.4, 0.5) is 0 Å². The SMILES string of the molecule is Br.COC(=O)c1ccc(C[PH](c2ccccc2)(c2ccccc2)c2ccccc2)c(Cl)c1. The number of halogens is 2. The summed E-state index contributed by atoms with van der Waals surface area (Å²) in [5.41, 5.74) is 1.49. The topological polar surface area (TPSA) is 26.3 Å². The first-order valence-electron chi connectivity index (χ1n) is 10.2. The molecule has 0 spiro atoms. The first-order chi connectivity index (χ1) is 15.1. The van der Waals surface area contributed by atoms with E-state index in [-0.39, 0.29) is 23.0 Å². The molecule has 164 valence electrons. The van der Waals surface area contributed by atoms with Crippen molar-refractivity contribution in [1.82, 2.24) is 0 Å². The molecule has 4 aromatic rings. The zero-order valence-corrected chi connectivity index (χ0v) is 21.2. The predicted octanol–water partition coefficient (Wildman–Crippen LogP) is 5.93. The molecule has 0 radical (unpaired) electrons. The second kappa shape index (κ2) is 10.9. The fourth-order valence-corrected chi connectivity index (χ4v) is 9.33. The summed E-state index contributed by atoms with van der Waals surface area (Å²) in [5.74, 6) is -0.383. The molecule has 0 saturated carbocycles. The average Bonchev–Trinajstić information content (AvgIpc) is 2.84. The van der Waals surface area contributed by atoms with Gasteiger partial charge in [0.2, 0.25) is 0 Å². The molecule has 2 nitrogen and oxygen atoms in total. The third-order valence-electron chi connectivity index (χ3n) is 5.73. The van der Waals surface area contributed by atoms with Gasteiger partial charge in [-0.2, -0.15) is 0 Å². The van der Waals surface area contributed by atoms with Crippen LogP contribution in [0.2, 0.25) is 5.02 Å². The van der Waals surface area contributed by atoms with Crippen LogP contribution in [0.25, 0.3) is 0 Å². The maximum absolute atomic E-state index is 12.0. The Morgan fingerprint density at radius 3 is 1.56 bits per heavy atom. The van der Waals surface area contributed by atoms with Crippen molar-refractivity contribution >= 4 is 57.7 Å². The third-order valence-corrected chi connectivity index (χ3v) is 10.9. The van der Waals surface area contributed by atoms with Gasteiger partial charge >= 0.3 is 189 Å². The van der Waals surface area contributed by atoms with Crippen molar-refractivity contribution < 1.29 is 9.53 Å². The van der Waals surface area contributed by atoms with Crippen molar-refractivity contribution in [2.45, 2.75) is 6.16 Å². The first kappa shape index (κ1) is 24.2. The van der Waals surface area contributed by atoms with E-state index in [1.165, 1.54) is 23.0 Å². The molecule has 0 heterocycles. The molecule has 4 rings (SSSR count). The van der Waals surface area contributed by atoms with Gasteiger partial charge in [-0.25, -0.2) is 0 Å². The van der Waals surface area contributed by atoms with E-state index in [1.807, 2.05) is 6.07 Å². The van der Waals surface area contributed by atoms with E-state index in [2.05, 4.69) is 91.0 Å². The van der Waals surface area contributed by atoms with E-state index in [1.54, 1.807) is 12.1 Å². The molecule has 0 aliphatic rings. The van der Waals surface area contributed by atoms with Crippen LogP contribution >= 0.6 is 35.8 Å². The molecule has 0 aromatic heterocycles. The second-order valence-corrected chi connectivity index (χ2v) is 11.8. The van der Waals surface area contributed by atoms with Crippen LogP contribution in [0.3, 0.4) is 0 Å². The average molecular weight is 528 g/mol. The van der Waals surface area contributed by atoms with Crippen LogP contribution in [-0.2, 0) is 10.9 Å².